The van der Waals surface area contributed by atoms with E-state index in [1.807, 2.05) is 39.0 Å². The molecule has 2 aromatic heterocycles. The van der Waals surface area contributed by atoms with Crippen LogP contribution in [0.1, 0.15) is 37.1 Å². The number of imidazole rings is 1. The summed E-state index contributed by atoms with van der Waals surface area (Å²) in [7, 11) is 1.27. The van der Waals surface area contributed by atoms with Crippen LogP contribution < -0.4 is 5.32 Å². The Labute approximate surface area is 123 Å². The molecule has 1 amide bonds. The Kier molecular flexibility index (Phi) is 3.97. The minimum absolute atomic E-state index is 0.179. The lowest BCUT2D eigenvalue weighted by atomic mass is 9.91. The number of aromatic nitrogens is 2. The van der Waals surface area contributed by atoms with Gasteiger partial charge in [-0.15, -0.1) is 0 Å². The van der Waals surface area contributed by atoms with Crippen LogP contribution in [0.25, 0.3) is 5.52 Å². The third-order valence-electron chi connectivity index (χ3n) is 3.08. The van der Waals surface area contributed by atoms with E-state index in [9.17, 15) is 9.59 Å². The molecule has 0 saturated heterocycles. The molecule has 0 atom stereocenters. The Bertz CT molecular complexity index is 683. The minimum atomic E-state index is -0.500. The van der Waals surface area contributed by atoms with Crippen molar-refractivity contribution in [3.63, 3.8) is 0 Å². The molecule has 0 saturated carbocycles. The summed E-state index contributed by atoms with van der Waals surface area (Å²) in [6.07, 6.45) is 1.78. The van der Waals surface area contributed by atoms with Crippen LogP contribution in [0.4, 0.5) is 0 Å². The molecule has 21 heavy (non-hydrogen) atoms. The lowest BCUT2D eigenvalue weighted by Gasteiger charge is -2.15. The molecule has 112 valence electrons. The molecule has 2 aromatic rings. The SMILES string of the molecule is COC(=O)CNC(=O)c1nc(C(C)(C)C)c2ccccn12. The van der Waals surface area contributed by atoms with Gasteiger partial charge in [0.1, 0.15) is 6.54 Å². The number of nitrogens with zero attached hydrogens (tertiary/aromatic N) is 2. The maximum absolute atomic E-state index is 12.2. The number of fused-ring (bicyclic) bond motifs is 1. The molecule has 0 aliphatic carbocycles. The van der Waals surface area contributed by atoms with Gasteiger partial charge in [0.05, 0.1) is 18.3 Å². The topological polar surface area (TPSA) is 72.7 Å². The van der Waals surface area contributed by atoms with Crippen LogP contribution in [-0.2, 0) is 14.9 Å². The van der Waals surface area contributed by atoms with E-state index >= 15 is 0 Å². The monoisotopic (exact) mass is 289 g/mol. The van der Waals surface area contributed by atoms with Gasteiger partial charge in [-0.25, -0.2) is 4.98 Å². The van der Waals surface area contributed by atoms with Gasteiger partial charge in [-0.3, -0.25) is 14.0 Å². The summed E-state index contributed by atoms with van der Waals surface area (Å²) in [4.78, 5) is 27.8. The van der Waals surface area contributed by atoms with Crippen LogP contribution in [0.3, 0.4) is 0 Å². The van der Waals surface area contributed by atoms with E-state index in [2.05, 4.69) is 15.0 Å². The first kappa shape index (κ1) is 15.0. The van der Waals surface area contributed by atoms with Gasteiger partial charge < -0.3 is 10.1 Å². The molecule has 6 heteroatoms. The van der Waals surface area contributed by atoms with E-state index < -0.39 is 11.9 Å². The van der Waals surface area contributed by atoms with Gasteiger partial charge in [0.25, 0.3) is 5.91 Å². The highest BCUT2D eigenvalue weighted by Crippen LogP contribution is 2.26. The number of methoxy groups -OCH3 is 1. The first-order valence-corrected chi connectivity index (χ1v) is 6.67. The number of hydrogen-bond acceptors (Lipinski definition) is 4. The van der Waals surface area contributed by atoms with Gasteiger partial charge in [0.15, 0.2) is 0 Å². The number of ether oxygens (including phenoxy) is 1. The lowest BCUT2D eigenvalue weighted by Crippen LogP contribution is -2.31. The van der Waals surface area contributed by atoms with E-state index in [0.717, 1.165) is 11.2 Å². The van der Waals surface area contributed by atoms with Gasteiger partial charge in [-0.2, -0.15) is 0 Å². The normalized spacial score (nSPS) is 11.4. The summed E-state index contributed by atoms with van der Waals surface area (Å²) < 4.78 is 6.23. The van der Waals surface area contributed by atoms with Gasteiger partial charge in [0.2, 0.25) is 5.82 Å². The number of carbonyl (C=O) groups is 2. The number of amides is 1. The van der Waals surface area contributed by atoms with Crippen molar-refractivity contribution in [1.82, 2.24) is 14.7 Å². The average Bonchev–Trinajstić information content (AvgIpc) is 2.84. The Morgan fingerprint density at radius 2 is 2.05 bits per heavy atom. The highest BCUT2D eigenvalue weighted by Gasteiger charge is 2.25. The van der Waals surface area contributed by atoms with Crippen molar-refractivity contribution < 1.29 is 14.3 Å². The van der Waals surface area contributed by atoms with Crippen LogP contribution in [0.2, 0.25) is 0 Å². The average molecular weight is 289 g/mol. The minimum Gasteiger partial charge on any atom is -0.468 e. The standard InChI is InChI=1S/C15H19N3O3/c1-15(2,3)12-10-7-5-6-8-18(10)13(17-12)14(20)16-9-11(19)21-4/h5-8H,9H2,1-4H3,(H,16,20). The second kappa shape index (κ2) is 5.55. The first-order valence-electron chi connectivity index (χ1n) is 6.67. The lowest BCUT2D eigenvalue weighted by molar-refractivity contribution is -0.139. The van der Waals surface area contributed by atoms with Crippen molar-refractivity contribution in [3.05, 3.63) is 35.9 Å². The third-order valence-corrected chi connectivity index (χ3v) is 3.08. The zero-order chi connectivity index (χ0) is 15.6. The van der Waals surface area contributed by atoms with E-state index in [4.69, 9.17) is 0 Å². The van der Waals surface area contributed by atoms with Gasteiger partial charge in [-0.05, 0) is 12.1 Å². The summed E-state index contributed by atoms with van der Waals surface area (Å²) in [6, 6.07) is 5.66. The number of carbonyl (C=O) groups excluding carboxylic acids is 2. The molecule has 6 nitrogen and oxygen atoms in total. The Morgan fingerprint density at radius 3 is 2.67 bits per heavy atom. The number of rotatable bonds is 3. The van der Waals surface area contributed by atoms with Crippen LogP contribution in [-0.4, -0.2) is 34.9 Å². The zero-order valence-electron chi connectivity index (χ0n) is 12.6. The molecule has 0 aromatic carbocycles. The predicted octanol–water partition coefficient (Wildman–Crippen LogP) is 1.53. The van der Waals surface area contributed by atoms with Crippen LogP contribution in [0.15, 0.2) is 24.4 Å². The van der Waals surface area contributed by atoms with Crippen molar-refractivity contribution in [1.29, 1.82) is 0 Å². The molecule has 0 aliphatic rings. The fraction of sp³-hybridized carbons (Fsp3) is 0.400. The van der Waals surface area contributed by atoms with Crippen LogP contribution in [0, 0.1) is 0 Å². The molecule has 0 spiro atoms. The fourth-order valence-electron chi connectivity index (χ4n) is 2.05. The second-order valence-electron chi connectivity index (χ2n) is 5.75. The maximum Gasteiger partial charge on any atom is 0.325 e. The second-order valence-corrected chi connectivity index (χ2v) is 5.75. The summed E-state index contributed by atoms with van der Waals surface area (Å²) >= 11 is 0. The van der Waals surface area contributed by atoms with E-state index in [0.29, 0.717) is 0 Å². The van der Waals surface area contributed by atoms with E-state index in [-0.39, 0.29) is 17.8 Å². The Balaban J connectivity index is 2.40. The molecule has 2 heterocycles. The van der Waals surface area contributed by atoms with Crippen LogP contribution in [0.5, 0.6) is 0 Å². The molecule has 0 unspecified atom stereocenters. The molecule has 0 radical (unpaired) electrons. The fourth-order valence-corrected chi connectivity index (χ4v) is 2.05. The smallest absolute Gasteiger partial charge is 0.325 e. The molecule has 0 fully saturated rings. The molecular formula is C15H19N3O3. The summed E-state index contributed by atoms with van der Waals surface area (Å²) in [6.45, 7) is 5.94. The number of pyridine rings is 1. The van der Waals surface area contributed by atoms with Gasteiger partial charge in [0, 0.05) is 11.6 Å². The summed E-state index contributed by atoms with van der Waals surface area (Å²) in [5.41, 5.74) is 1.53. The Morgan fingerprint density at radius 1 is 1.33 bits per heavy atom. The molecule has 2 rings (SSSR count). The number of hydrogen-bond donors (Lipinski definition) is 1. The predicted molar refractivity (Wildman–Crippen MR) is 78.2 cm³/mol. The number of nitrogens with one attached hydrogen (secondary N) is 1. The largest absolute Gasteiger partial charge is 0.468 e. The number of esters is 1. The van der Waals surface area contributed by atoms with Crippen molar-refractivity contribution in [2.45, 2.75) is 26.2 Å². The van der Waals surface area contributed by atoms with E-state index in [1.165, 1.54) is 7.11 Å². The summed E-state index contributed by atoms with van der Waals surface area (Å²) in [5.74, 6) is -0.642. The highest BCUT2D eigenvalue weighted by atomic mass is 16.5. The van der Waals surface area contributed by atoms with Crippen molar-refractivity contribution in [2.75, 3.05) is 13.7 Å². The van der Waals surface area contributed by atoms with Gasteiger partial charge >= 0.3 is 5.97 Å². The molecule has 0 aliphatic heterocycles. The molecular weight excluding hydrogens is 270 g/mol. The molecule has 1 N–H and O–H groups in total. The van der Waals surface area contributed by atoms with Crippen molar-refractivity contribution in [2.24, 2.45) is 0 Å². The van der Waals surface area contributed by atoms with Gasteiger partial charge in [-0.1, -0.05) is 26.8 Å². The van der Waals surface area contributed by atoms with Crippen LogP contribution >= 0.6 is 0 Å². The first-order chi connectivity index (χ1) is 9.84. The molecule has 0 bridgehead atoms. The highest BCUT2D eigenvalue weighted by molar-refractivity contribution is 5.94. The van der Waals surface area contributed by atoms with Crippen molar-refractivity contribution in [3.8, 4) is 0 Å². The maximum atomic E-state index is 12.2. The van der Waals surface area contributed by atoms with E-state index in [1.54, 1.807) is 10.6 Å². The quantitative estimate of drug-likeness (QED) is 0.870. The van der Waals surface area contributed by atoms with Crippen molar-refractivity contribution >= 4 is 17.4 Å². The third kappa shape index (κ3) is 3.04. The zero-order valence-corrected chi connectivity index (χ0v) is 12.6. The Hall–Kier alpha value is -2.37. The summed E-state index contributed by atoms with van der Waals surface area (Å²) in [5, 5.41) is 2.51.